The topological polar surface area (TPSA) is 53.1 Å². The fourth-order valence-corrected chi connectivity index (χ4v) is 1.81. The number of rotatable bonds is 7. The summed E-state index contributed by atoms with van der Waals surface area (Å²) >= 11 is 0. The Hall–Kier alpha value is -0.870. The van der Waals surface area contributed by atoms with Crippen LogP contribution in [0.2, 0.25) is 0 Å². The van der Waals surface area contributed by atoms with Gasteiger partial charge in [0.25, 0.3) is 0 Å². The first-order chi connectivity index (χ1) is 7.72. The van der Waals surface area contributed by atoms with E-state index in [1.807, 2.05) is 24.0 Å². The van der Waals surface area contributed by atoms with Gasteiger partial charge in [-0.3, -0.25) is 4.68 Å². The van der Waals surface area contributed by atoms with E-state index in [1.165, 1.54) is 0 Å². The molecule has 1 heterocycles. The number of nitrogens with two attached hydrogens (primary N) is 1. The summed E-state index contributed by atoms with van der Waals surface area (Å²) < 4.78 is 7.55. The Kier molecular flexibility index (Phi) is 5.49. The number of hydrogen-bond donors (Lipinski definition) is 1. The summed E-state index contributed by atoms with van der Waals surface area (Å²) in [5.41, 5.74) is 7.23. The molecule has 0 saturated carbocycles. The first-order valence-corrected chi connectivity index (χ1v) is 6.12. The van der Waals surface area contributed by atoms with Gasteiger partial charge in [-0.15, -0.1) is 0 Å². The quantitative estimate of drug-likeness (QED) is 0.773. The Labute approximate surface area is 97.8 Å². The van der Waals surface area contributed by atoms with Gasteiger partial charge in [0.1, 0.15) is 0 Å². The molecule has 4 heteroatoms. The lowest BCUT2D eigenvalue weighted by Gasteiger charge is -2.21. The highest BCUT2D eigenvalue weighted by Gasteiger charge is 2.19. The molecule has 0 saturated heterocycles. The lowest BCUT2D eigenvalue weighted by Crippen LogP contribution is -2.28. The minimum absolute atomic E-state index is 0.0736. The van der Waals surface area contributed by atoms with E-state index in [2.05, 4.69) is 18.9 Å². The molecule has 0 amide bonds. The zero-order valence-corrected chi connectivity index (χ0v) is 10.5. The summed E-state index contributed by atoms with van der Waals surface area (Å²) in [5.74, 6) is 0. The van der Waals surface area contributed by atoms with Crippen LogP contribution in [-0.2, 0) is 11.3 Å². The van der Waals surface area contributed by atoms with Crippen molar-refractivity contribution in [2.24, 2.45) is 5.73 Å². The Morgan fingerprint density at radius 2 is 2.19 bits per heavy atom. The summed E-state index contributed by atoms with van der Waals surface area (Å²) in [5, 5.41) is 4.28. The van der Waals surface area contributed by atoms with Crippen molar-refractivity contribution in [1.29, 1.82) is 0 Å². The number of aromatic nitrogens is 2. The van der Waals surface area contributed by atoms with Crippen LogP contribution in [0.1, 0.15) is 45.2 Å². The third kappa shape index (κ3) is 3.32. The average molecular weight is 225 g/mol. The molecule has 2 unspecified atom stereocenters. The van der Waals surface area contributed by atoms with Crippen LogP contribution in [0.25, 0.3) is 0 Å². The molecule has 0 aliphatic carbocycles. The van der Waals surface area contributed by atoms with Crippen LogP contribution in [-0.4, -0.2) is 22.5 Å². The lowest BCUT2D eigenvalue weighted by molar-refractivity contribution is 0.0413. The number of hydrogen-bond acceptors (Lipinski definition) is 3. The van der Waals surface area contributed by atoms with E-state index in [1.54, 1.807) is 0 Å². The summed E-state index contributed by atoms with van der Waals surface area (Å²) in [7, 11) is 0. The average Bonchev–Trinajstić information content (AvgIpc) is 2.74. The van der Waals surface area contributed by atoms with Crippen molar-refractivity contribution in [2.75, 3.05) is 6.61 Å². The van der Waals surface area contributed by atoms with Crippen LogP contribution < -0.4 is 5.73 Å². The molecule has 0 fully saturated rings. The first-order valence-electron chi connectivity index (χ1n) is 6.12. The molecule has 1 aromatic heterocycles. The summed E-state index contributed by atoms with van der Waals surface area (Å²) in [6.45, 7) is 7.87. The molecule has 0 radical (unpaired) electrons. The number of ether oxygens (including phenoxy) is 1. The van der Waals surface area contributed by atoms with Gasteiger partial charge in [0.05, 0.1) is 18.3 Å². The number of aryl methyl sites for hydroxylation is 1. The fourth-order valence-electron chi connectivity index (χ4n) is 1.81. The molecule has 0 aromatic carbocycles. The second-order valence-electron chi connectivity index (χ2n) is 3.96. The van der Waals surface area contributed by atoms with Crippen molar-refractivity contribution in [3.8, 4) is 0 Å². The highest BCUT2D eigenvalue weighted by Crippen LogP contribution is 2.18. The van der Waals surface area contributed by atoms with E-state index in [-0.39, 0.29) is 12.1 Å². The van der Waals surface area contributed by atoms with Gasteiger partial charge >= 0.3 is 0 Å². The molecule has 16 heavy (non-hydrogen) atoms. The largest absolute Gasteiger partial charge is 0.377 e. The van der Waals surface area contributed by atoms with Gasteiger partial charge in [-0.2, -0.15) is 5.10 Å². The first kappa shape index (κ1) is 13.2. The van der Waals surface area contributed by atoms with Crippen molar-refractivity contribution in [2.45, 2.75) is 52.3 Å². The van der Waals surface area contributed by atoms with E-state index in [0.29, 0.717) is 6.61 Å². The van der Waals surface area contributed by atoms with E-state index >= 15 is 0 Å². The Morgan fingerprint density at radius 3 is 2.75 bits per heavy atom. The van der Waals surface area contributed by atoms with Crippen molar-refractivity contribution in [3.05, 3.63) is 18.0 Å². The van der Waals surface area contributed by atoms with E-state index in [0.717, 1.165) is 24.9 Å². The zero-order chi connectivity index (χ0) is 12.0. The smallest absolute Gasteiger partial charge is 0.0766 e. The monoisotopic (exact) mass is 225 g/mol. The molecule has 0 aliphatic heterocycles. The van der Waals surface area contributed by atoms with Crippen LogP contribution >= 0.6 is 0 Å². The maximum atomic E-state index is 6.17. The molecule has 0 bridgehead atoms. The molecule has 0 aliphatic rings. The van der Waals surface area contributed by atoms with Crippen molar-refractivity contribution >= 4 is 0 Å². The highest BCUT2D eigenvalue weighted by molar-refractivity contribution is 5.11. The van der Waals surface area contributed by atoms with Gasteiger partial charge in [-0.1, -0.05) is 13.8 Å². The summed E-state index contributed by atoms with van der Waals surface area (Å²) in [6, 6.07) is -0.0736. The van der Waals surface area contributed by atoms with Crippen LogP contribution in [0.15, 0.2) is 12.4 Å². The molecule has 4 nitrogen and oxygen atoms in total. The number of nitrogens with zero attached hydrogens (tertiary/aromatic N) is 2. The van der Waals surface area contributed by atoms with Gasteiger partial charge in [-0.25, -0.2) is 0 Å². The lowest BCUT2D eigenvalue weighted by atomic mass is 10.0. The molecule has 2 N–H and O–H groups in total. The summed E-state index contributed by atoms with van der Waals surface area (Å²) in [4.78, 5) is 0. The maximum Gasteiger partial charge on any atom is 0.0766 e. The van der Waals surface area contributed by atoms with Crippen molar-refractivity contribution in [3.63, 3.8) is 0 Å². The molecular formula is C12H23N3O. The van der Waals surface area contributed by atoms with Crippen LogP contribution in [0.3, 0.4) is 0 Å². The van der Waals surface area contributed by atoms with Gasteiger partial charge in [0, 0.05) is 24.9 Å². The standard InChI is InChI=1S/C12H23N3O/c1-4-7-15-9-10(8-14-15)12(13)11(5-2)16-6-3/h8-9,11-12H,4-7,13H2,1-3H3. The predicted molar refractivity (Wildman–Crippen MR) is 65.2 cm³/mol. The van der Waals surface area contributed by atoms with Gasteiger partial charge < -0.3 is 10.5 Å². The Bertz CT molecular complexity index is 298. The van der Waals surface area contributed by atoms with Crippen LogP contribution in [0, 0.1) is 0 Å². The van der Waals surface area contributed by atoms with Gasteiger partial charge in [0.2, 0.25) is 0 Å². The van der Waals surface area contributed by atoms with Gasteiger partial charge in [-0.05, 0) is 19.8 Å². The highest BCUT2D eigenvalue weighted by atomic mass is 16.5. The van der Waals surface area contributed by atoms with Crippen LogP contribution in [0.5, 0.6) is 0 Å². The molecule has 2 atom stereocenters. The molecule has 92 valence electrons. The fraction of sp³-hybridized carbons (Fsp3) is 0.750. The summed E-state index contributed by atoms with van der Waals surface area (Å²) in [6.07, 6.45) is 5.97. The Morgan fingerprint density at radius 1 is 1.44 bits per heavy atom. The molecule has 1 aromatic rings. The van der Waals surface area contributed by atoms with E-state index < -0.39 is 0 Å². The minimum Gasteiger partial charge on any atom is -0.377 e. The minimum atomic E-state index is -0.0736. The maximum absolute atomic E-state index is 6.17. The van der Waals surface area contributed by atoms with E-state index in [4.69, 9.17) is 10.5 Å². The molecule has 1 rings (SSSR count). The van der Waals surface area contributed by atoms with Gasteiger partial charge in [0.15, 0.2) is 0 Å². The Balaban J connectivity index is 2.66. The predicted octanol–water partition coefficient (Wildman–Crippen LogP) is 2.11. The zero-order valence-electron chi connectivity index (χ0n) is 10.5. The van der Waals surface area contributed by atoms with Crippen molar-refractivity contribution < 1.29 is 4.74 Å². The van der Waals surface area contributed by atoms with E-state index in [9.17, 15) is 0 Å². The second kappa shape index (κ2) is 6.66. The molecular weight excluding hydrogens is 202 g/mol. The van der Waals surface area contributed by atoms with Crippen LogP contribution in [0.4, 0.5) is 0 Å². The normalized spacial score (nSPS) is 15.0. The third-order valence-corrected chi connectivity index (χ3v) is 2.67. The molecule has 0 spiro atoms. The SMILES string of the molecule is CCCn1cc(C(N)C(CC)OCC)cn1. The van der Waals surface area contributed by atoms with Crippen molar-refractivity contribution in [1.82, 2.24) is 9.78 Å². The third-order valence-electron chi connectivity index (χ3n) is 2.67. The second-order valence-corrected chi connectivity index (χ2v) is 3.96.